The highest BCUT2D eigenvalue weighted by Crippen LogP contribution is 2.61. The van der Waals surface area contributed by atoms with Gasteiger partial charge >= 0.3 is 0 Å². The number of hydrogen-bond acceptors (Lipinski definition) is 4. The average Bonchev–Trinajstić information content (AvgIpc) is 3.25. The molecule has 5 fully saturated rings. The van der Waals surface area contributed by atoms with Crippen LogP contribution in [-0.2, 0) is 14.8 Å². The Hall–Kier alpha value is -1.44. The first kappa shape index (κ1) is 21.4. The summed E-state index contributed by atoms with van der Waals surface area (Å²) in [4.78, 5) is 13.1. The molecule has 0 spiro atoms. The molecule has 7 heteroatoms. The smallest absolute Gasteiger partial charge is 0.251 e. The molecule has 4 saturated carbocycles. The Morgan fingerprint density at radius 1 is 1.10 bits per heavy atom. The van der Waals surface area contributed by atoms with Gasteiger partial charge in [-0.25, -0.2) is 13.1 Å². The van der Waals surface area contributed by atoms with Gasteiger partial charge in [0.1, 0.15) is 0 Å². The molecular formula is C24H34N2O4S. The summed E-state index contributed by atoms with van der Waals surface area (Å²) in [5.41, 5.74) is 0.759. The van der Waals surface area contributed by atoms with E-state index in [0.29, 0.717) is 12.2 Å². The molecule has 31 heavy (non-hydrogen) atoms. The predicted molar refractivity (Wildman–Crippen MR) is 118 cm³/mol. The molecule has 0 unspecified atom stereocenters. The SMILES string of the molecule is C[C@H](NC(=O)c1ccc(S(=O)(=O)NC[C@@H]2CCCO2)cc1)C12CC3CC(CC(C3)C1)C2. The third-order valence-corrected chi connectivity index (χ3v) is 9.74. The number of sulfonamides is 1. The van der Waals surface area contributed by atoms with E-state index in [-0.39, 0.29) is 34.9 Å². The van der Waals surface area contributed by atoms with Gasteiger partial charge in [-0.05, 0) is 106 Å². The normalized spacial score (nSPS) is 35.3. The lowest BCUT2D eigenvalue weighted by Crippen LogP contribution is -2.55. The van der Waals surface area contributed by atoms with E-state index >= 15 is 0 Å². The summed E-state index contributed by atoms with van der Waals surface area (Å²) in [7, 11) is -3.61. The fourth-order valence-electron chi connectivity index (χ4n) is 7.02. The number of ether oxygens (including phenoxy) is 1. The van der Waals surface area contributed by atoms with Gasteiger partial charge in [-0.3, -0.25) is 4.79 Å². The van der Waals surface area contributed by atoms with Gasteiger partial charge in [0.2, 0.25) is 10.0 Å². The van der Waals surface area contributed by atoms with E-state index in [1.165, 1.54) is 50.7 Å². The fourth-order valence-corrected chi connectivity index (χ4v) is 8.08. The summed E-state index contributed by atoms with van der Waals surface area (Å²) in [6.07, 6.45) is 9.69. The molecule has 1 aliphatic heterocycles. The van der Waals surface area contributed by atoms with Crippen molar-refractivity contribution in [1.82, 2.24) is 10.0 Å². The molecule has 170 valence electrons. The minimum Gasteiger partial charge on any atom is -0.377 e. The maximum Gasteiger partial charge on any atom is 0.251 e. The van der Waals surface area contributed by atoms with Crippen LogP contribution in [0, 0.1) is 23.2 Å². The van der Waals surface area contributed by atoms with Gasteiger partial charge in [-0.2, -0.15) is 0 Å². The Morgan fingerprint density at radius 3 is 2.26 bits per heavy atom. The molecule has 4 bridgehead atoms. The summed E-state index contributed by atoms with van der Waals surface area (Å²) in [5, 5.41) is 3.25. The minimum absolute atomic E-state index is 0.0501. The topological polar surface area (TPSA) is 84.5 Å². The average molecular weight is 447 g/mol. The van der Waals surface area contributed by atoms with Crippen molar-refractivity contribution in [1.29, 1.82) is 0 Å². The number of carbonyl (C=O) groups excluding carboxylic acids is 1. The van der Waals surface area contributed by atoms with E-state index in [1.807, 2.05) is 0 Å². The van der Waals surface area contributed by atoms with Crippen LogP contribution in [0.1, 0.15) is 68.6 Å². The summed E-state index contributed by atoms with van der Waals surface area (Å²) in [6, 6.07) is 6.40. The molecule has 2 N–H and O–H groups in total. The molecule has 6 rings (SSSR count). The van der Waals surface area contributed by atoms with E-state index in [9.17, 15) is 13.2 Å². The fraction of sp³-hybridized carbons (Fsp3) is 0.708. The van der Waals surface area contributed by atoms with Crippen LogP contribution in [0.4, 0.5) is 0 Å². The van der Waals surface area contributed by atoms with Gasteiger partial charge < -0.3 is 10.1 Å². The number of carbonyl (C=O) groups is 1. The molecule has 2 atom stereocenters. The molecular weight excluding hydrogens is 412 g/mol. The van der Waals surface area contributed by atoms with E-state index in [0.717, 1.165) is 30.6 Å². The molecule has 1 amide bonds. The number of nitrogens with one attached hydrogen (secondary N) is 2. The Kier molecular flexibility index (Phi) is 5.64. The van der Waals surface area contributed by atoms with Crippen molar-refractivity contribution in [3.8, 4) is 0 Å². The molecule has 1 aromatic rings. The van der Waals surface area contributed by atoms with Crippen molar-refractivity contribution in [3.63, 3.8) is 0 Å². The summed E-state index contributed by atoms with van der Waals surface area (Å²) >= 11 is 0. The van der Waals surface area contributed by atoms with Crippen LogP contribution in [-0.4, -0.2) is 39.6 Å². The largest absolute Gasteiger partial charge is 0.377 e. The quantitative estimate of drug-likeness (QED) is 0.672. The second-order valence-electron chi connectivity index (χ2n) is 10.5. The Morgan fingerprint density at radius 2 is 1.71 bits per heavy atom. The van der Waals surface area contributed by atoms with Gasteiger partial charge in [0, 0.05) is 24.8 Å². The maximum absolute atomic E-state index is 12.9. The van der Waals surface area contributed by atoms with Crippen LogP contribution in [0.25, 0.3) is 0 Å². The van der Waals surface area contributed by atoms with Crippen LogP contribution in [0.15, 0.2) is 29.2 Å². The van der Waals surface area contributed by atoms with Crippen molar-refractivity contribution < 1.29 is 17.9 Å². The van der Waals surface area contributed by atoms with Gasteiger partial charge in [0.05, 0.1) is 11.0 Å². The second kappa shape index (κ2) is 8.16. The molecule has 0 radical (unpaired) electrons. The Balaban J connectivity index is 1.21. The van der Waals surface area contributed by atoms with E-state index in [1.54, 1.807) is 12.1 Å². The maximum atomic E-state index is 12.9. The first-order valence-corrected chi connectivity index (χ1v) is 13.3. The number of rotatable bonds is 7. The van der Waals surface area contributed by atoms with Crippen molar-refractivity contribution in [3.05, 3.63) is 29.8 Å². The predicted octanol–water partition coefficient (Wildman–Crippen LogP) is 3.48. The van der Waals surface area contributed by atoms with Crippen molar-refractivity contribution >= 4 is 15.9 Å². The van der Waals surface area contributed by atoms with Crippen LogP contribution in [0.3, 0.4) is 0 Å². The second-order valence-corrected chi connectivity index (χ2v) is 12.3. The lowest BCUT2D eigenvalue weighted by atomic mass is 9.48. The molecule has 4 aliphatic carbocycles. The van der Waals surface area contributed by atoms with Crippen molar-refractivity contribution in [2.45, 2.75) is 75.3 Å². The first-order valence-electron chi connectivity index (χ1n) is 11.9. The zero-order valence-corrected chi connectivity index (χ0v) is 19.1. The molecule has 0 aromatic heterocycles. The molecule has 1 aromatic carbocycles. The zero-order valence-electron chi connectivity index (χ0n) is 18.3. The van der Waals surface area contributed by atoms with Crippen LogP contribution < -0.4 is 10.0 Å². The molecule has 1 saturated heterocycles. The molecule has 1 heterocycles. The van der Waals surface area contributed by atoms with E-state index in [4.69, 9.17) is 4.74 Å². The number of hydrogen-bond donors (Lipinski definition) is 2. The third kappa shape index (κ3) is 4.29. The highest BCUT2D eigenvalue weighted by Gasteiger charge is 2.53. The Labute approximate surface area is 185 Å². The van der Waals surface area contributed by atoms with Gasteiger partial charge in [-0.1, -0.05) is 0 Å². The van der Waals surface area contributed by atoms with Gasteiger partial charge in [0.25, 0.3) is 5.91 Å². The summed E-state index contributed by atoms with van der Waals surface area (Å²) in [6.45, 7) is 3.14. The standard InChI is InChI=1S/C24H34N2O4S/c1-16(24-12-17-9-18(13-24)11-19(10-17)14-24)26-23(27)20-4-6-22(7-5-20)31(28,29)25-15-21-3-2-8-30-21/h4-7,16-19,21,25H,2-3,8-15H2,1H3,(H,26,27)/t16-,17?,18?,19?,21-,24?/m0/s1. The molecule has 6 nitrogen and oxygen atoms in total. The van der Waals surface area contributed by atoms with Crippen LogP contribution >= 0.6 is 0 Å². The molecule has 5 aliphatic rings. The Bertz CT molecular complexity index is 886. The van der Waals surface area contributed by atoms with Crippen molar-refractivity contribution in [2.75, 3.05) is 13.2 Å². The third-order valence-electron chi connectivity index (χ3n) is 8.30. The number of benzene rings is 1. The lowest BCUT2D eigenvalue weighted by molar-refractivity contribution is -0.0688. The van der Waals surface area contributed by atoms with Crippen molar-refractivity contribution in [2.24, 2.45) is 23.2 Å². The highest BCUT2D eigenvalue weighted by molar-refractivity contribution is 7.89. The van der Waals surface area contributed by atoms with Gasteiger partial charge in [-0.15, -0.1) is 0 Å². The highest BCUT2D eigenvalue weighted by atomic mass is 32.2. The number of amides is 1. The monoisotopic (exact) mass is 446 g/mol. The van der Waals surface area contributed by atoms with Crippen LogP contribution in [0.2, 0.25) is 0 Å². The zero-order chi connectivity index (χ0) is 21.6. The van der Waals surface area contributed by atoms with E-state index < -0.39 is 10.0 Å². The first-order chi connectivity index (χ1) is 14.8. The van der Waals surface area contributed by atoms with E-state index in [2.05, 4.69) is 17.0 Å². The summed E-state index contributed by atoms with van der Waals surface area (Å²) in [5.74, 6) is 2.42. The van der Waals surface area contributed by atoms with Gasteiger partial charge in [0.15, 0.2) is 0 Å². The lowest BCUT2D eigenvalue weighted by Gasteiger charge is -2.59. The van der Waals surface area contributed by atoms with Crippen LogP contribution in [0.5, 0.6) is 0 Å². The summed E-state index contributed by atoms with van der Waals surface area (Å²) < 4.78 is 33.2. The minimum atomic E-state index is -3.61.